The molecule has 0 fully saturated rings. The number of non-ortho nitro benzene ring substituents is 1. The van der Waals surface area contributed by atoms with Crippen molar-refractivity contribution in [3.05, 3.63) is 82.9 Å². The van der Waals surface area contributed by atoms with E-state index in [1.807, 2.05) is 36.2 Å². The van der Waals surface area contributed by atoms with Crippen LogP contribution in [0.3, 0.4) is 0 Å². The van der Waals surface area contributed by atoms with E-state index >= 15 is 0 Å². The molecular weight excluding hydrogens is 530 g/mol. The zero-order chi connectivity index (χ0) is 29.4. The van der Waals surface area contributed by atoms with Crippen LogP contribution in [0.5, 0.6) is 11.5 Å². The van der Waals surface area contributed by atoms with Crippen molar-refractivity contribution in [3.8, 4) is 11.5 Å². The zero-order valence-corrected chi connectivity index (χ0v) is 22.6. The number of imide groups is 1. The molecule has 210 valence electrons. The van der Waals surface area contributed by atoms with Crippen LogP contribution in [0.25, 0.3) is 0 Å². The number of hydrogen-bond acceptors (Lipinski definition) is 11. The Labute approximate surface area is 235 Å². The second kappa shape index (κ2) is 13.1. The Hall–Kier alpha value is -5.46. The molecule has 0 saturated carbocycles. The van der Waals surface area contributed by atoms with Crippen LogP contribution in [-0.2, 0) is 9.59 Å². The van der Waals surface area contributed by atoms with Gasteiger partial charge in [-0.1, -0.05) is 0 Å². The fourth-order valence-electron chi connectivity index (χ4n) is 3.91. The van der Waals surface area contributed by atoms with Crippen molar-refractivity contribution >= 4 is 45.9 Å². The number of nitrogens with zero attached hydrogens (tertiary/aromatic N) is 7. The average molecular weight is 558 g/mol. The minimum Gasteiger partial charge on any atom is -0.494 e. The molecule has 0 radical (unpaired) electrons. The van der Waals surface area contributed by atoms with Crippen molar-refractivity contribution in [2.24, 2.45) is 20.5 Å². The lowest BCUT2D eigenvalue weighted by atomic mass is 10.2. The summed E-state index contributed by atoms with van der Waals surface area (Å²) in [6, 6.07) is 16.4. The molecule has 0 unspecified atom stereocenters. The normalized spacial score (nSPS) is 13.0. The van der Waals surface area contributed by atoms with Crippen molar-refractivity contribution < 1.29 is 24.0 Å². The number of amides is 2. The van der Waals surface area contributed by atoms with Crippen LogP contribution in [0.4, 0.5) is 34.1 Å². The summed E-state index contributed by atoms with van der Waals surface area (Å²) in [4.78, 5) is 37.0. The third-order valence-corrected chi connectivity index (χ3v) is 6.15. The van der Waals surface area contributed by atoms with Crippen LogP contribution < -0.4 is 14.4 Å². The third-order valence-electron chi connectivity index (χ3n) is 6.15. The van der Waals surface area contributed by atoms with Crippen molar-refractivity contribution in [2.75, 3.05) is 39.3 Å². The van der Waals surface area contributed by atoms with Gasteiger partial charge in [0.2, 0.25) is 0 Å². The van der Waals surface area contributed by atoms with Crippen molar-refractivity contribution in [1.29, 1.82) is 0 Å². The van der Waals surface area contributed by atoms with E-state index in [9.17, 15) is 19.7 Å². The molecule has 3 aromatic carbocycles. The molecule has 13 nitrogen and oxygen atoms in total. The summed E-state index contributed by atoms with van der Waals surface area (Å²) in [6.45, 7) is 1.02. The molecule has 41 heavy (non-hydrogen) atoms. The Morgan fingerprint density at radius 3 is 1.76 bits per heavy atom. The monoisotopic (exact) mass is 557 g/mol. The summed E-state index contributed by atoms with van der Waals surface area (Å²) < 4.78 is 10.9. The lowest BCUT2D eigenvalue weighted by molar-refractivity contribution is -0.384. The average Bonchev–Trinajstić information content (AvgIpc) is 3.31. The number of hydrogen-bond donors (Lipinski definition) is 0. The maximum Gasteiger partial charge on any atom is 0.269 e. The van der Waals surface area contributed by atoms with Gasteiger partial charge < -0.3 is 14.4 Å². The van der Waals surface area contributed by atoms with Gasteiger partial charge >= 0.3 is 0 Å². The number of rotatable bonds is 12. The number of methoxy groups -OCH3 is 2. The van der Waals surface area contributed by atoms with Gasteiger partial charge in [-0.2, -0.15) is 10.2 Å². The van der Waals surface area contributed by atoms with E-state index in [1.165, 1.54) is 55.5 Å². The Morgan fingerprint density at radius 1 is 0.805 bits per heavy atom. The summed E-state index contributed by atoms with van der Waals surface area (Å²) in [6.07, 6.45) is 3.21. The number of carbonyl (C=O) groups excluding carboxylic acids is 2. The Kier molecular flexibility index (Phi) is 9.09. The highest BCUT2D eigenvalue weighted by Gasteiger charge is 2.22. The standard InChI is InChI=1S/C28H27N7O6/c1-33(15-4-16-34-27(36)13-14-28(34)37)21-9-5-19(6-10-21)29-31-23-17-26(41-3)24(18-25(23)40-2)32-30-20-7-11-22(12-8-20)35(38)39/h5-14,17-18H,4,15-16H2,1-3H3. The molecule has 1 aliphatic heterocycles. The highest BCUT2D eigenvalue weighted by Crippen LogP contribution is 2.41. The fraction of sp³-hybridized carbons (Fsp3) is 0.214. The van der Waals surface area contributed by atoms with Gasteiger partial charge in [0.15, 0.2) is 0 Å². The maximum atomic E-state index is 11.7. The molecule has 4 rings (SSSR count). The lowest BCUT2D eigenvalue weighted by Gasteiger charge is -2.21. The molecule has 0 aliphatic carbocycles. The molecule has 13 heteroatoms. The predicted molar refractivity (Wildman–Crippen MR) is 151 cm³/mol. The van der Waals surface area contributed by atoms with E-state index in [-0.39, 0.29) is 17.5 Å². The second-order valence-electron chi connectivity index (χ2n) is 8.82. The number of anilines is 1. The van der Waals surface area contributed by atoms with E-state index in [0.717, 1.165) is 5.69 Å². The van der Waals surface area contributed by atoms with E-state index in [1.54, 1.807) is 12.1 Å². The highest BCUT2D eigenvalue weighted by atomic mass is 16.6. The quantitative estimate of drug-likeness (QED) is 0.111. The highest BCUT2D eigenvalue weighted by molar-refractivity contribution is 6.12. The van der Waals surface area contributed by atoms with Crippen molar-refractivity contribution in [1.82, 2.24) is 4.90 Å². The van der Waals surface area contributed by atoms with Gasteiger partial charge in [0.25, 0.3) is 17.5 Å². The molecule has 0 spiro atoms. The van der Waals surface area contributed by atoms with Crippen LogP contribution in [0.2, 0.25) is 0 Å². The van der Waals surface area contributed by atoms with Crippen LogP contribution >= 0.6 is 0 Å². The second-order valence-corrected chi connectivity index (χ2v) is 8.82. The predicted octanol–water partition coefficient (Wildman–Crippen LogP) is 6.19. The molecule has 0 saturated heterocycles. The van der Waals surface area contributed by atoms with Gasteiger partial charge in [-0.25, -0.2) is 0 Å². The Balaban J connectivity index is 1.41. The molecule has 0 atom stereocenters. The minimum absolute atomic E-state index is 0.0390. The van der Waals surface area contributed by atoms with E-state index in [0.29, 0.717) is 53.8 Å². The molecule has 0 N–H and O–H groups in total. The van der Waals surface area contributed by atoms with E-state index < -0.39 is 4.92 Å². The SMILES string of the molecule is COc1cc(N=Nc2ccc([N+](=O)[O-])cc2)c(OC)cc1N=Nc1ccc(N(C)CCCN2C(=O)C=CC2=O)cc1. The Bertz CT molecular complexity index is 1500. The van der Waals surface area contributed by atoms with Gasteiger partial charge in [0.05, 0.1) is 30.5 Å². The molecule has 0 aromatic heterocycles. The summed E-state index contributed by atoms with van der Waals surface area (Å²) in [5, 5.41) is 27.8. The number of carbonyl (C=O) groups is 2. The molecule has 1 heterocycles. The number of ether oxygens (including phenoxy) is 2. The molecule has 3 aromatic rings. The molecule has 1 aliphatic rings. The van der Waals surface area contributed by atoms with Crippen LogP contribution in [0.15, 0.2) is 93.3 Å². The molecular formula is C28H27N7O6. The molecule has 2 amide bonds. The van der Waals surface area contributed by atoms with Gasteiger partial charge in [-0.15, -0.1) is 10.2 Å². The fourth-order valence-corrected chi connectivity index (χ4v) is 3.91. The maximum absolute atomic E-state index is 11.7. The summed E-state index contributed by atoms with van der Waals surface area (Å²) in [5.41, 5.74) is 2.75. The lowest BCUT2D eigenvalue weighted by Crippen LogP contribution is -2.33. The van der Waals surface area contributed by atoms with E-state index in [2.05, 4.69) is 20.5 Å². The number of azo groups is 2. The smallest absolute Gasteiger partial charge is 0.269 e. The first kappa shape index (κ1) is 28.5. The first-order valence-corrected chi connectivity index (χ1v) is 12.5. The largest absolute Gasteiger partial charge is 0.494 e. The topological polar surface area (TPSA) is 152 Å². The van der Waals surface area contributed by atoms with Crippen LogP contribution in [-0.4, -0.2) is 56.0 Å². The third kappa shape index (κ3) is 7.15. The van der Waals surface area contributed by atoms with E-state index in [4.69, 9.17) is 9.47 Å². The van der Waals surface area contributed by atoms with Crippen LogP contribution in [0.1, 0.15) is 6.42 Å². The first-order valence-electron chi connectivity index (χ1n) is 12.5. The number of nitro groups is 1. The Morgan fingerprint density at radius 2 is 1.29 bits per heavy atom. The number of benzene rings is 3. The first-order chi connectivity index (χ1) is 19.8. The minimum atomic E-state index is -0.486. The van der Waals surface area contributed by atoms with Gasteiger partial charge in [-0.05, 0) is 42.8 Å². The molecule has 0 bridgehead atoms. The van der Waals surface area contributed by atoms with Gasteiger partial charge in [-0.3, -0.25) is 24.6 Å². The zero-order valence-electron chi connectivity index (χ0n) is 22.6. The van der Waals surface area contributed by atoms with Gasteiger partial charge in [0, 0.05) is 62.2 Å². The summed E-state index contributed by atoms with van der Waals surface area (Å²) in [5.74, 6) is 0.231. The summed E-state index contributed by atoms with van der Waals surface area (Å²) >= 11 is 0. The van der Waals surface area contributed by atoms with Crippen molar-refractivity contribution in [2.45, 2.75) is 6.42 Å². The number of nitro benzene ring substituents is 1. The van der Waals surface area contributed by atoms with Crippen LogP contribution in [0, 0.1) is 10.1 Å². The summed E-state index contributed by atoms with van der Waals surface area (Å²) in [7, 11) is 4.91. The van der Waals surface area contributed by atoms with Gasteiger partial charge in [0.1, 0.15) is 22.9 Å². The van der Waals surface area contributed by atoms with Crippen molar-refractivity contribution in [3.63, 3.8) is 0 Å².